The summed E-state index contributed by atoms with van der Waals surface area (Å²) in [4.78, 5) is 11.6. The molecule has 4 unspecified atom stereocenters. The van der Waals surface area contributed by atoms with E-state index in [4.69, 9.17) is 14.2 Å². The second-order valence-corrected chi connectivity index (χ2v) is 3.83. The maximum atomic E-state index is 11.6. The van der Waals surface area contributed by atoms with Crippen molar-refractivity contribution in [3.05, 3.63) is 0 Å². The van der Waals surface area contributed by atoms with Crippen LogP contribution in [0.25, 0.3) is 0 Å². The van der Waals surface area contributed by atoms with Crippen molar-refractivity contribution in [3.63, 3.8) is 0 Å². The molecule has 2 aliphatic rings. The predicted molar refractivity (Wildman–Crippen MR) is 44.2 cm³/mol. The van der Waals surface area contributed by atoms with Gasteiger partial charge in [-0.1, -0.05) is 13.8 Å². The third kappa shape index (κ3) is 1.39. The van der Waals surface area contributed by atoms with Crippen molar-refractivity contribution in [1.82, 2.24) is 0 Å². The van der Waals surface area contributed by atoms with Gasteiger partial charge in [-0.05, 0) is 5.92 Å². The van der Waals surface area contributed by atoms with E-state index in [1.807, 2.05) is 13.8 Å². The topological polar surface area (TPSA) is 48.1 Å². The molecule has 0 saturated carbocycles. The van der Waals surface area contributed by atoms with Gasteiger partial charge in [-0.3, -0.25) is 4.79 Å². The van der Waals surface area contributed by atoms with Crippen LogP contribution < -0.4 is 0 Å². The van der Waals surface area contributed by atoms with Crippen molar-refractivity contribution >= 4 is 5.78 Å². The third-order valence-electron chi connectivity index (χ3n) is 2.47. The standard InChI is InChI=1S/C9H14O4/c1-4(2)6-5(10)7-8(12-7)9(11-3)13-6/h4,6-9H,1-3H3. The average molecular weight is 186 g/mol. The number of epoxide rings is 1. The highest BCUT2D eigenvalue weighted by Gasteiger charge is 2.58. The minimum atomic E-state index is -0.367. The highest BCUT2D eigenvalue weighted by atomic mass is 16.7. The number of carbonyl (C=O) groups is 1. The lowest BCUT2D eigenvalue weighted by molar-refractivity contribution is -0.187. The Hall–Kier alpha value is -0.450. The number of fused-ring (bicyclic) bond motifs is 1. The number of Topliss-reactive ketones (excluding diaryl/α,β-unsaturated/α-hetero) is 1. The van der Waals surface area contributed by atoms with Gasteiger partial charge in [0.25, 0.3) is 0 Å². The summed E-state index contributed by atoms with van der Waals surface area (Å²) in [6.45, 7) is 3.91. The number of ether oxygens (including phenoxy) is 3. The molecule has 0 aliphatic carbocycles. The van der Waals surface area contributed by atoms with E-state index < -0.39 is 0 Å². The molecule has 0 aromatic carbocycles. The zero-order valence-electron chi connectivity index (χ0n) is 8.02. The second-order valence-electron chi connectivity index (χ2n) is 3.83. The third-order valence-corrected chi connectivity index (χ3v) is 2.47. The van der Waals surface area contributed by atoms with Gasteiger partial charge in [0.2, 0.25) is 0 Å². The van der Waals surface area contributed by atoms with E-state index in [-0.39, 0.29) is 36.3 Å². The van der Waals surface area contributed by atoms with Crippen molar-refractivity contribution in [2.45, 2.75) is 38.4 Å². The van der Waals surface area contributed by atoms with Crippen molar-refractivity contribution in [3.8, 4) is 0 Å². The van der Waals surface area contributed by atoms with E-state index in [0.29, 0.717) is 0 Å². The fraction of sp³-hybridized carbons (Fsp3) is 0.889. The molecular weight excluding hydrogens is 172 g/mol. The van der Waals surface area contributed by atoms with Crippen LogP contribution in [0.1, 0.15) is 13.8 Å². The van der Waals surface area contributed by atoms with Crippen LogP contribution in [0.15, 0.2) is 0 Å². The quantitative estimate of drug-likeness (QED) is 0.584. The molecule has 0 aromatic rings. The van der Waals surface area contributed by atoms with Gasteiger partial charge < -0.3 is 14.2 Å². The SMILES string of the molecule is COC1OC(C(C)C)C(=O)C2OC12. The summed E-state index contributed by atoms with van der Waals surface area (Å²) in [5, 5.41) is 0. The monoisotopic (exact) mass is 186 g/mol. The number of hydrogen-bond donors (Lipinski definition) is 0. The highest BCUT2D eigenvalue weighted by Crippen LogP contribution is 2.36. The van der Waals surface area contributed by atoms with Crippen LogP contribution in [0.3, 0.4) is 0 Å². The van der Waals surface area contributed by atoms with Crippen molar-refractivity contribution < 1.29 is 19.0 Å². The minimum absolute atomic E-state index is 0.0632. The predicted octanol–water partition coefficient (Wildman–Crippen LogP) is 0.350. The number of carbonyl (C=O) groups excluding carboxylic acids is 1. The van der Waals surface area contributed by atoms with E-state index in [2.05, 4.69) is 0 Å². The molecule has 2 heterocycles. The maximum Gasteiger partial charge on any atom is 0.193 e. The molecule has 2 fully saturated rings. The van der Waals surface area contributed by atoms with E-state index in [9.17, 15) is 4.79 Å². The lowest BCUT2D eigenvalue weighted by Gasteiger charge is -2.27. The summed E-state index contributed by atoms with van der Waals surface area (Å²) < 4.78 is 15.7. The number of ketones is 1. The first-order chi connectivity index (χ1) is 6.15. The zero-order chi connectivity index (χ0) is 9.59. The van der Waals surface area contributed by atoms with Crippen molar-refractivity contribution in [1.29, 1.82) is 0 Å². The first-order valence-electron chi connectivity index (χ1n) is 4.52. The van der Waals surface area contributed by atoms with Gasteiger partial charge in [0, 0.05) is 7.11 Å². The normalized spacial score (nSPS) is 43.5. The molecule has 13 heavy (non-hydrogen) atoms. The van der Waals surface area contributed by atoms with Gasteiger partial charge in [-0.2, -0.15) is 0 Å². The van der Waals surface area contributed by atoms with Gasteiger partial charge in [0.15, 0.2) is 18.2 Å². The lowest BCUT2D eigenvalue weighted by Crippen LogP contribution is -2.45. The van der Waals surface area contributed by atoms with Crippen LogP contribution in [0.4, 0.5) is 0 Å². The Morgan fingerprint density at radius 1 is 1.38 bits per heavy atom. The number of rotatable bonds is 2. The largest absolute Gasteiger partial charge is 0.356 e. The highest BCUT2D eigenvalue weighted by molar-refractivity contribution is 5.91. The molecule has 4 nitrogen and oxygen atoms in total. The van der Waals surface area contributed by atoms with Gasteiger partial charge in [-0.15, -0.1) is 0 Å². The van der Waals surface area contributed by atoms with Crippen LogP contribution in [0.2, 0.25) is 0 Å². The van der Waals surface area contributed by atoms with Gasteiger partial charge in [0.05, 0.1) is 0 Å². The molecule has 2 saturated heterocycles. The Bertz CT molecular complexity index is 226. The Balaban J connectivity index is 2.08. The molecular formula is C9H14O4. The number of methoxy groups -OCH3 is 1. The Morgan fingerprint density at radius 3 is 2.62 bits per heavy atom. The summed E-state index contributed by atoms with van der Waals surface area (Å²) in [6.07, 6.45) is -1.16. The molecule has 0 spiro atoms. The molecule has 2 rings (SSSR count). The fourth-order valence-electron chi connectivity index (χ4n) is 1.69. The molecule has 0 radical (unpaired) electrons. The Labute approximate surface area is 77.1 Å². The second kappa shape index (κ2) is 3.04. The maximum absolute atomic E-state index is 11.6. The van der Waals surface area contributed by atoms with Gasteiger partial charge in [0.1, 0.15) is 12.2 Å². The Kier molecular flexibility index (Phi) is 2.14. The molecule has 74 valence electrons. The zero-order valence-corrected chi connectivity index (χ0v) is 8.02. The molecule has 0 bridgehead atoms. The molecule has 0 aromatic heterocycles. The summed E-state index contributed by atoms with van der Waals surface area (Å²) in [7, 11) is 1.57. The van der Waals surface area contributed by atoms with Crippen LogP contribution >= 0.6 is 0 Å². The number of hydrogen-bond acceptors (Lipinski definition) is 4. The van der Waals surface area contributed by atoms with Gasteiger partial charge in [-0.25, -0.2) is 0 Å². The van der Waals surface area contributed by atoms with Crippen LogP contribution in [0, 0.1) is 5.92 Å². The first-order valence-corrected chi connectivity index (χ1v) is 4.52. The Morgan fingerprint density at radius 2 is 2.08 bits per heavy atom. The summed E-state index contributed by atoms with van der Waals surface area (Å²) in [5.41, 5.74) is 0. The van der Waals surface area contributed by atoms with E-state index in [1.165, 1.54) is 0 Å². The molecule has 0 amide bonds. The van der Waals surface area contributed by atoms with Crippen molar-refractivity contribution in [2.24, 2.45) is 5.92 Å². The molecule has 0 N–H and O–H groups in total. The average Bonchev–Trinajstić information content (AvgIpc) is 2.84. The molecule has 2 aliphatic heterocycles. The summed E-state index contributed by atoms with van der Waals surface area (Å²) in [5.74, 6) is 0.239. The smallest absolute Gasteiger partial charge is 0.193 e. The van der Waals surface area contributed by atoms with Crippen LogP contribution in [-0.2, 0) is 19.0 Å². The summed E-state index contributed by atoms with van der Waals surface area (Å²) in [6, 6.07) is 0. The van der Waals surface area contributed by atoms with Crippen LogP contribution in [0.5, 0.6) is 0 Å². The molecule has 4 atom stereocenters. The lowest BCUT2D eigenvalue weighted by atomic mass is 9.97. The first kappa shape index (κ1) is 9.12. The van der Waals surface area contributed by atoms with Gasteiger partial charge >= 0.3 is 0 Å². The van der Waals surface area contributed by atoms with Crippen LogP contribution in [-0.4, -0.2) is 37.5 Å². The van der Waals surface area contributed by atoms with E-state index in [0.717, 1.165) is 0 Å². The van der Waals surface area contributed by atoms with E-state index in [1.54, 1.807) is 7.11 Å². The van der Waals surface area contributed by atoms with Crippen molar-refractivity contribution in [2.75, 3.05) is 7.11 Å². The minimum Gasteiger partial charge on any atom is -0.356 e. The fourth-order valence-corrected chi connectivity index (χ4v) is 1.69. The molecule has 4 heteroatoms. The summed E-state index contributed by atoms with van der Waals surface area (Å²) >= 11 is 0. The van der Waals surface area contributed by atoms with E-state index >= 15 is 0 Å².